The van der Waals surface area contributed by atoms with E-state index in [9.17, 15) is 37.1 Å². The Labute approximate surface area is 233 Å². The molecule has 4 atom stereocenters. The number of amides is 2. The number of halogens is 4. The van der Waals surface area contributed by atoms with Gasteiger partial charge in [0.1, 0.15) is 0 Å². The van der Waals surface area contributed by atoms with Crippen LogP contribution in [0.2, 0.25) is 5.02 Å². The third-order valence-electron chi connectivity index (χ3n) is 11.0. The number of hydrogen-bond donors (Lipinski definition) is 0. The Morgan fingerprint density at radius 1 is 0.800 bits per heavy atom. The first-order chi connectivity index (χ1) is 18.1. The zero-order valence-electron chi connectivity index (χ0n) is 22.9. The molecular weight excluding hydrogens is 555 g/mol. The van der Waals surface area contributed by atoms with Gasteiger partial charge in [0, 0.05) is 15.9 Å². The first-order valence-electron chi connectivity index (χ1n) is 12.9. The molecule has 12 heteroatoms. The van der Waals surface area contributed by atoms with Gasteiger partial charge in [0.25, 0.3) is 17.6 Å². The van der Waals surface area contributed by atoms with E-state index in [0.717, 1.165) is 18.2 Å². The molecule has 0 N–H and O–H groups in total. The van der Waals surface area contributed by atoms with Crippen molar-refractivity contribution in [3.63, 3.8) is 0 Å². The molecule has 2 saturated carbocycles. The van der Waals surface area contributed by atoms with E-state index < -0.39 is 79.8 Å². The van der Waals surface area contributed by atoms with Gasteiger partial charge in [0.2, 0.25) is 0 Å². The monoisotopic (exact) mass is 583 g/mol. The average Bonchev–Trinajstić information content (AvgIpc) is 3.31. The topological polar surface area (TPSA) is 107 Å². The highest BCUT2D eigenvalue weighted by Crippen LogP contribution is 2.68. The number of fused-ring (bicyclic) bond motifs is 4. The van der Waals surface area contributed by atoms with Crippen molar-refractivity contribution in [1.82, 2.24) is 0 Å². The zero-order chi connectivity index (χ0) is 30.1. The van der Waals surface area contributed by atoms with E-state index in [0.29, 0.717) is 4.90 Å². The van der Waals surface area contributed by atoms with E-state index in [1.165, 1.54) is 0 Å². The predicted octanol–water partition coefficient (Wildman–Crippen LogP) is 5.19. The van der Waals surface area contributed by atoms with Crippen molar-refractivity contribution >= 4 is 46.8 Å². The second kappa shape index (κ2) is 7.86. The van der Waals surface area contributed by atoms with Crippen molar-refractivity contribution in [2.75, 3.05) is 4.90 Å². The molecule has 0 unspecified atom stereocenters. The van der Waals surface area contributed by atoms with Crippen molar-refractivity contribution in [3.05, 3.63) is 28.8 Å². The van der Waals surface area contributed by atoms with Gasteiger partial charge in [-0.15, -0.1) is 0 Å². The molecule has 8 nitrogen and oxygen atoms in total. The Kier molecular flexibility index (Phi) is 5.62. The number of rotatable bonds is 4. The van der Waals surface area contributed by atoms with Crippen LogP contribution >= 0.6 is 11.6 Å². The number of ether oxygens (including phenoxy) is 2. The summed E-state index contributed by atoms with van der Waals surface area (Å²) >= 11 is 5.97. The van der Waals surface area contributed by atoms with Gasteiger partial charge < -0.3 is 9.47 Å². The Morgan fingerprint density at radius 2 is 1.23 bits per heavy atom. The van der Waals surface area contributed by atoms with Crippen molar-refractivity contribution in [1.29, 1.82) is 0 Å². The third kappa shape index (κ3) is 3.02. The van der Waals surface area contributed by atoms with Crippen molar-refractivity contribution in [2.24, 2.45) is 21.7 Å². The molecule has 40 heavy (non-hydrogen) atoms. The van der Waals surface area contributed by atoms with E-state index in [4.69, 9.17) is 21.1 Å². The number of ketones is 1. The first kappa shape index (κ1) is 28.6. The van der Waals surface area contributed by atoms with Gasteiger partial charge >= 0.3 is 18.1 Å². The fraction of sp³-hybridized carbons (Fsp3) is 0.607. The Bertz CT molecular complexity index is 1350. The Morgan fingerprint density at radius 3 is 1.55 bits per heavy atom. The summed E-state index contributed by atoms with van der Waals surface area (Å²) in [7, 11) is 0. The minimum atomic E-state index is -5.37. The van der Waals surface area contributed by atoms with Crippen LogP contribution in [0, 0.1) is 21.7 Å². The molecule has 1 aromatic carbocycles. The maximum Gasteiger partial charge on any atom is 0.454 e. The van der Waals surface area contributed by atoms with Crippen LogP contribution in [0.5, 0.6) is 0 Å². The van der Waals surface area contributed by atoms with Crippen LogP contribution in [0.25, 0.3) is 0 Å². The van der Waals surface area contributed by atoms with Crippen LogP contribution < -0.4 is 4.90 Å². The third-order valence-corrected chi connectivity index (χ3v) is 11.2. The minimum absolute atomic E-state index is 0.00507. The molecular formula is C28H29ClF3NO7. The molecule has 5 rings (SSSR count). The number of carbonyl (C=O) groups excluding carboxylic acids is 5. The lowest BCUT2D eigenvalue weighted by molar-refractivity contribution is -0.172. The Balaban J connectivity index is 1.76. The lowest BCUT2D eigenvalue weighted by atomic mass is 9.65. The summed E-state index contributed by atoms with van der Waals surface area (Å²) in [5.41, 5.74) is -10.2. The molecule has 4 aliphatic rings. The molecule has 2 saturated heterocycles. The van der Waals surface area contributed by atoms with E-state index in [1.807, 2.05) is 0 Å². The SMILES string of the molecule is CC1(C)[C@@]2(C)CC[C@@]1(C(=O)N(C(=O)[C@]13CC[C@@](C)(C(=O)O1)C3(C)C)c1ccc(Cl)cc1C(=O)C(F)(F)F)OC2=O. The molecule has 4 fully saturated rings. The fourth-order valence-electron chi connectivity index (χ4n) is 7.15. The molecule has 2 heterocycles. The predicted molar refractivity (Wildman–Crippen MR) is 134 cm³/mol. The number of alkyl halides is 3. The number of nitrogens with zero attached hydrogens (tertiary/aromatic N) is 1. The van der Waals surface area contributed by atoms with E-state index in [-0.39, 0.29) is 30.7 Å². The van der Waals surface area contributed by atoms with Crippen LogP contribution in [0.4, 0.5) is 18.9 Å². The Hall–Kier alpha value is -2.95. The maximum atomic E-state index is 14.6. The van der Waals surface area contributed by atoms with Crippen molar-refractivity contribution in [2.45, 2.75) is 84.6 Å². The van der Waals surface area contributed by atoms with Gasteiger partial charge in [0.15, 0.2) is 11.2 Å². The number of anilines is 1. The fourth-order valence-corrected chi connectivity index (χ4v) is 7.32. The maximum absolute atomic E-state index is 14.6. The zero-order valence-corrected chi connectivity index (χ0v) is 23.6. The second-order valence-electron chi connectivity index (χ2n) is 12.8. The number of hydrogen-bond acceptors (Lipinski definition) is 7. The van der Waals surface area contributed by atoms with Crippen molar-refractivity contribution in [3.8, 4) is 0 Å². The van der Waals surface area contributed by atoms with E-state index in [1.54, 1.807) is 41.5 Å². The molecule has 0 aromatic heterocycles. The highest BCUT2D eigenvalue weighted by molar-refractivity contribution is 6.32. The molecule has 2 amide bonds. The highest BCUT2D eigenvalue weighted by atomic mass is 35.5. The standard InChI is InChI=1S/C28H29ClF3NO7/c1-22(2)24(5)9-11-26(22,39-20(24)37)18(35)33(16-8-7-14(29)13-15(16)17(34)28(30,31)32)19(36)27-12-10-25(6,21(38)40-27)23(27,3)4/h7-8,13H,9-12H2,1-6H3/t24-,25-,26-,27-/m0/s1. The minimum Gasteiger partial charge on any atom is -0.448 e. The molecule has 0 radical (unpaired) electrons. The number of benzene rings is 1. The smallest absolute Gasteiger partial charge is 0.448 e. The molecule has 216 valence electrons. The number of Topliss-reactive ketones (excluding diaryl/α,β-unsaturated/α-hetero) is 1. The summed E-state index contributed by atoms with van der Waals surface area (Å²) in [5.74, 6) is -5.91. The van der Waals surface area contributed by atoms with Gasteiger partial charge in [-0.25, -0.2) is 4.90 Å². The van der Waals surface area contributed by atoms with Crippen LogP contribution in [0.3, 0.4) is 0 Å². The summed E-state index contributed by atoms with van der Waals surface area (Å²) in [6, 6.07) is 2.84. The summed E-state index contributed by atoms with van der Waals surface area (Å²) in [6.07, 6.45) is -4.93. The van der Waals surface area contributed by atoms with Crippen molar-refractivity contribution < 1.29 is 46.6 Å². The largest absolute Gasteiger partial charge is 0.454 e. The molecule has 0 spiro atoms. The van der Waals surface area contributed by atoms with Gasteiger partial charge in [-0.3, -0.25) is 24.0 Å². The summed E-state index contributed by atoms with van der Waals surface area (Å²) in [5, 5.41) is -0.241. The summed E-state index contributed by atoms with van der Waals surface area (Å²) < 4.78 is 52.6. The van der Waals surface area contributed by atoms with E-state index in [2.05, 4.69) is 0 Å². The molecule has 1 aromatic rings. The quantitative estimate of drug-likeness (QED) is 0.273. The number of esters is 2. The van der Waals surface area contributed by atoms with Crippen LogP contribution in [0.1, 0.15) is 77.6 Å². The second-order valence-corrected chi connectivity index (χ2v) is 13.2. The van der Waals surface area contributed by atoms with Crippen LogP contribution in [-0.2, 0) is 28.7 Å². The normalized spacial score (nSPS) is 35.0. The average molecular weight is 584 g/mol. The molecule has 2 aliphatic heterocycles. The van der Waals surface area contributed by atoms with Crippen LogP contribution in [-0.4, -0.2) is 46.9 Å². The van der Waals surface area contributed by atoms with Gasteiger partial charge in [-0.05, 0) is 57.7 Å². The van der Waals surface area contributed by atoms with Gasteiger partial charge in [0.05, 0.1) is 22.1 Å². The lowest BCUT2D eigenvalue weighted by Crippen LogP contribution is -2.63. The van der Waals surface area contributed by atoms with E-state index >= 15 is 0 Å². The number of carbonyl (C=O) groups is 5. The van der Waals surface area contributed by atoms with Gasteiger partial charge in [-0.1, -0.05) is 39.3 Å². The van der Waals surface area contributed by atoms with Gasteiger partial charge in [-0.2, -0.15) is 13.2 Å². The lowest BCUT2D eigenvalue weighted by Gasteiger charge is -2.42. The van der Waals surface area contributed by atoms with Crippen LogP contribution in [0.15, 0.2) is 18.2 Å². The first-order valence-corrected chi connectivity index (χ1v) is 13.3. The molecule has 4 bridgehead atoms. The summed E-state index contributed by atoms with van der Waals surface area (Å²) in [4.78, 5) is 68.3. The highest BCUT2D eigenvalue weighted by Gasteiger charge is 2.80. The molecule has 2 aliphatic carbocycles. The number of imide groups is 1. The summed E-state index contributed by atoms with van der Waals surface area (Å²) in [6.45, 7) is 9.76.